The first kappa shape index (κ1) is 20.8. The van der Waals surface area contributed by atoms with E-state index in [0.717, 1.165) is 11.1 Å². The van der Waals surface area contributed by atoms with Gasteiger partial charge >= 0.3 is 0 Å². The molecule has 0 saturated heterocycles. The minimum atomic E-state index is -0.626. The summed E-state index contributed by atoms with van der Waals surface area (Å²) in [6.07, 6.45) is 0.287. The summed E-state index contributed by atoms with van der Waals surface area (Å²) in [4.78, 5) is 27.6. The first-order valence-electron chi connectivity index (χ1n) is 10.2. The van der Waals surface area contributed by atoms with Crippen molar-refractivity contribution in [2.45, 2.75) is 53.0 Å². The van der Waals surface area contributed by atoms with Gasteiger partial charge in [-0.25, -0.2) is 0 Å². The van der Waals surface area contributed by atoms with Gasteiger partial charge in [0.1, 0.15) is 0 Å². The predicted molar refractivity (Wildman–Crippen MR) is 116 cm³/mol. The third kappa shape index (κ3) is 4.12. The van der Waals surface area contributed by atoms with Crippen LogP contribution in [-0.4, -0.2) is 16.8 Å². The number of rotatable bonds is 6. The SMILES string of the molecule is Cc1cccc(C2C(C(=O)CC(C)C)=C(O)C(=O)N2c2ccc(C(C)C)cc2)c1. The van der Waals surface area contributed by atoms with E-state index in [1.165, 1.54) is 5.56 Å². The molecule has 1 heterocycles. The fourth-order valence-electron chi connectivity index (χ4n) is 3.81. The monoisotopic (exact) mass is 391 g/mol. The highest BCUT2D eigenvalue weighted by molar-refractivity contribution is 6.16. The molecule has 1 N–H and O–H groups in total. The number of aliphatic hydroxyl groups excluding tert-OH is 1. The standard InChI is InChI=1S/C25H29NO3/c1-15(2)13-21(27)22-23(19-8-6-7-17(5)14-19)26(25(29)24(22)28)20-11-9-18(10-12-20)16(3)4/h6-12,14-16,23,28H,13H2,1-5H3. The van der Waals surface area contributed by atoms with Crippen LogP contribution in [0.1, 0.15) is 62.8 Å². The van der Waals surface area contributed by atoms with Gasteiger partial charge in [0.25, 0.3) is 5.91 Å². The summed E-state index contributed by atoms with van der Waals surface area (Å²) < 4.78 is 0. The van der Waals surface area contributed by atoms with Crippen LogP contribution in [0.5, 0.6) is 0 Å². The molecular formula is C25H29NO3. The van der Waals surface area contributed by atoms with Crippen molar-refractivity contribution in [1.29, 1.82) is 0 Å². The molecule has 0 saturated carbocycles. The minimum absolute atomic E-state index is 0.135. The molecule has 1 atom stereocenters. The number of carbonyl (C=O) groups excluding carboxylic acids is 2. The molecule has 4 heteroatoms. The summed E-state index contributed by atoms with van der Waals surface area (Å²) in [7, 11) is 0. The molecule has 0 bridgehead atoms. The Balaban J connectivity index is 2.12. The Morgan fingerprint density at radius 3 is 2.28 bits per heavy atom. The lowest BCUT2D eigenvalue weighted by atomic mass is 9.91. The highest BCUT2D eigenvalue weighted by atomic mass is 16.3. The molecule has 0 radical (unpaired) electrons. The van der Waals surface area contributed by atoms with Crippen LogP contribution in [0.15, 0.2) is 59.9 Å². The van der Waals surface area contributed by atoms with Crippen LogP contribution < -0.4 is 4.90 Å². The van der Waals surface area contributed by atoms with E-state index in [1.54, 1.807) is 4.90 Å². The van der Waals surface area contributed by atoms with Crippen LogP contribution >= 0.6 is 0 Å². The van der Waals surface area contributed by atoms with Crippen molar-refractivity contribution < 1.29 is 14.7 Å². The highest BCUT2D eigenvalue weighted by Gasteiger charge is 2.44. The van der Waals surface area contributed by atoms with E-state index < -0.39 is 17.7 Å². The number of Topliss-reactive ketones (excluding diaryl/α,β-unsaturated/α-hetero) is 1. The maximum atomic E-state index is 13.1. The number of aliphatic hydroxyl groups is 1. The summed E-state index contributed by atoms with van der Waals surface area (Å²) >= 11 is 0. The third-order valence-corrected chi connectivity index (χ3v) is 5.30. The van der Waals surface area contributed by atoms with Gasteiger partial charge in [-0.2, -0.15) is 0 Å². The molecule has 0 fully saturated rings. The average molecular weight is 392 g/mol. The fourth-order valence-corrected chi connectivity index (χ4v) is 3.81. The molecule has 29 heavy (non-hydrogen) atoms. The molecule has 4 nitrogen and oxygen atoms in total. The molecule has 3 rings (SSSR count). The minimum Gasteiger partial charge on any atom is -0.503 e. The van der Waals surface area contributed by atoms with Gasteiger partial charge in [0.2, 0.25) is 0 Å². The Kier molecular flexibility index (Phi) is 5.92. The summed E-state index contributed by atoms with van der Waals surface area (Å²) in [5.41, 5.74) is 3.89. The maximum Gasteiger partial charge on any atom is 0.294 e. The van der Waals surface area contributed by atoms with Crippen LogP contribution in [0, 0.1) is 12.8 Å². The lowest BCUT2D eigenvalue weighted by molar-refractivity contribution is -0.118. The van der Waals surface area contributed by atoms with E-state index in [-0.39, 0.29) is 23.7 Å². The van der Waals surface area contributed by atoms with E-state index in [9.17, 15) is 14.7 Å². The second-order valence-electron chi connectivity index (χ2n) is 8.52. The van der Waals surface area contributed by atoms with Crippen LogP contribution in [0.2, 0.25) is 0 Å². The number of amides is 1. The molecular weight excluding hydrogens is 362 g/mol. The van der Waals surface area contributed by atoms with Crippen LogP contribution in [0.4, 0.5) is 5.69 Å². The van der Waals surface area contributed by atoms with Crippen molar-refractivity contribution >= 4 is 17.4 Å². The van der Waals surface area contributed by atoms with Crippen molar-refractivity contribution in [2.75, 3.05) is 4.90 Å². The Bertz CT molecular complexity index is 954. The van der Waals surface area contributed by atoms with Gasteiger partial charge in [-0.3, -0.25) is 14.5 Å². The van der Waals surface area contributed by atoms with Gasteiger partial charge in [-0.1, -0.05) is 69.7 Å². The highest BCUT2D eigenvalue weighted by Crippen LogP contribution is 2.42. The zero-order chi connectivity index (χ0) is 21.3. The molecule has 1 unspecified atom stereocenters. The van der Waals surface area contributed by atoms with Gasteiger partial charge in [0.05, 0.1) is 11.6 Å². The largest absolute Gasteiger partial charge is 0.503 e. The number of ketones is 1. The van der Waals surface area contributed by atoms with Crippen LogP contribution in [0.3, 0.4) is 0 Å². The summed E-state index contributed by atoms with van der Waals surface area (Å²) in [5, 5.41) is 10.7. The molecule has 0 aromatic heterocycles. The third-order valence-electron chi connectivity index (χ3n) is 5.30. The lowest BCUT2D eigenvalue weighted by Gasteiger charge is -2.27. The molecule has 1 amide bonds. The number of benzene rings is 2. The number of anilines is 1. The second kappa shape index (κ2) is 8.24. The topological polar surface area (TPSA) is 57.6 Å². The quantitative estimate of drug-likeness (QED) is 0.694. The summed E-state index contributed by atoms with van der Waals surface area (Å²) in [6, 6.07) is 14.9. The number of carbonyl (C=O) groups is 2. The Labute approximate surface area is 172 Å². The maximum absolute atomic E-state index is 13.1. The van der Waals surface area contributed by atoms with Crippen LogP contribution in [0.25, 0.3) is 0 Å². The number of aryl methyl sites for hydroxylation is 1. The second-order valence-corrected chi connectivity index (χ2v) is 8.52. The molecule has 2 aromatic carbocycles. The van der Waals surface area contributed by atoms with Crippen molar-refractivity contribution in [3.8, 4) is 0 Å². The fraction of sp³-hybridized carbons (Fsp3) is 0.360. The number of hydrogen-bond donors (Lipinski definition) is 1. The van der Waals surface area contributed by atoms with Crippen LogP contribution in [-0.2, 0) is 9.59 Å². The zero-order valence-electron chi connectivity index (χ0n) is 17.8. The zero-order valence-corrected chi connectivity index (χ0v) is 17.8. The average Bonchev–Trinajstić information content (AvgIpc) is 2.92. The van der Waals surface area contributed by atoms with E-state index in [2.05, 4.69) is 13.8 Å². The van der Waals surface area contributed by atoms with Gasteiger partial charge in [-0.05, 0) is 42.0 Å². The first-order valence-corrected chi connectivity index (χ1v) is 10.2. The Morgan fingerprint density at radius 1 is 1.07 bits per heavy atom. The number of nitrogens with zero attached hydrogens (tertiary/aromatic N) is 1. The number of hydrogen-bond acceptors (Lipinski definition) is 3. The summed E-state index contributed by atoms with van der Waals surface area (Å²) in [5.74, 6) is -0.634. The van der Waals surface area contributed by atoms with E-state index >= 15 is 0 Å². The van der Waals surface area contributed by atoms with Crippen molar-refractivity contribution in [3.05, 3.63) is 76.6 Å². The van der Waals surface area contributed by atoms with E-state index in [0.29, 0.717) is 11.6 Å². The Morgan fingerprint density at radius 2 is 1.72 bits per heavy atom. The molecule has 152 valence electrons. The lowest BCUT2D eigenvalue weighted by Crippen LogP contribution is -2.31. The summed E-state index contributed by atoms with van der Waals surface area (Å²) in [6.45, 7) is 10.1. The van der Waals surface area contributed by atoms with Gasteiger partial charge in [0, 0.05) is 12.1 Å². The van der Waals surface area contributed by atoms with Crippen molar-refractivity contribution in [3.63, 3.8) is 0 Å². The Hall–Kier alpha value is -2.88. The van der Waals surface area contributed by atoms with Gasteiger partial charge in [-0.15, -0.1) is 0 Å². The predicted octanol–water partition coefficient (Wildman–Crippen LogP) is 5.63. The van der Waals surface area contributed by atoms with Crippen molar-refractivity contribution in [2.24, 2.45) is 5.92 Å². The molecule has 2 aromatic rings. The molecule has 1 aliphatic rings. The molecule has 0 aliphatic carbocycles. The smallest absolute Gasteiger partial charge is 0.294 e. The molecule has 1 aliphatic heterocycles. The van der Waals surface area contributed by atoms with Gasteiger partial charge < -0.3 is 5.11 Å². The first-order chi connectivity index (χ1) is 13.7. The van der Waals surface area contributed by atoms with E-state index in [4.69, 9.17) is 0 Å². The van der Waals surface area contributed by atoms with Gasteiger partial charge in [0.15, 0.2) is 11.5 Å². The van der Waals surface area contributed by atoms with E-state index in [1.807, 2.05) is 69.3 Å². The van der Waals surface area contributed by atoms with Crippen molar-refractivity contribution in [1.82, 2.24) is 0 Å². The molecule has 0 spiro atoms. The normalized spacial score (nSPS) is 17.0.